The van der Waals surface area contributed by atoms with E-state index in [1.807, 2.05) is 23.5 Å². The molecule has 6 heteroatoms. The first-order valence-electron chi connectivity index (χ1n) is 8.29. The molecule has 1 atom stereocenters. The molecule has 3 heterocycles. The van der Waals surface area contributed by atoms with Gasteiger partial charge in [0.1, 0.15) is 5.82 Å². The largest absolute Gasteiger partial charge is 0.344 e. The van der Waals surface area contributed by atoms with Crippen LogP contribution in [0.1, 0.15) is 53.8 Å². The number of nitrogens with one attached hydrogen (secondary N) is 1. The van der Waals surface area contributed by atoms with Gasteiger partial charge in [0.25, 0.3) is 5.91 Å². The van der Waals surface area contributed by atoms with Crippen molar-refractivity contribution in [2.45, 2.75) is 39.7 Å². The SMILES string of the molecule is CCC(CC)C(NC(=O)c1ccc2nnc(C)n2c1)c1cccs1. The van der Waals surface area contributed by atoms with Crippen LogP contribution in [-0.2, 0) is 0 Å². The Bertz CT molecular complexity index is 821. The minimum Gasteiger partial charge on any atom is -0.344 e. The lowest BCUT2D eigenvalue weighted by atomic mass is 9.92. The molecular weight excluding hydrogens is 320 g/mol. The Labute approximate surface area is 145 Å². The van der Waals surface area contributed by atoms with Gasteiger partial charge in [-0.3, -0.25) is 9.20 Å². The second kappa shape index (κ2) is 7.13. The van der Waals surface area contributed by atoms with E-state index in [0.29, 0.717) is 11.5 Å². The number of fused-ring (bicyclic) bond motifs is 1. The monoisotopic (exact) mass is 342 g/mol. The topological polar surface area (TPSA) is 59.3 Å². The Morgan fingerprint density at radius 1 is 1.25 bits per heavy atom. The summed E-state index contributed by atoms with van der Waals surface area (Å²) in [6.07, 6.45) is 3.87. The number of thiophene rings is 1. The van der Waals surface area contributed by atoms with Crippen LogP contribution in [0.3, 0.4) is 0 Å². The second-order valence-corrected chi connectivity index (χ2v) is 6.92. The molecule has 0 fully saturated rings. The lowest BCUT2D eigenvalue weighted by molar-refractivity contribution is 0.0920. The van der Waals surface area contributed by atoms with E-state index in [4.69, 9.17) is 0 Å². The van der Waals surface area contributed by atoms with Gasteiger partial charge in [-0.25, -0.2) is 0 Å². The lowest BCUT2D eigenvalue weighted by Gasteiger charge is -2.25. The van der Waals surface area contributed by atoms with Crippen molar-refractivity contribution in [3.05, 3.63) is 52.1 Å². The van der Waals surface area contributed by atoms with E-state index in [0.717, 1.165) is 24.3 Å². The van der Waals surface area contributed by atoms with Gasteiger partial charge in [-0.1, -0.05) is 32.8 Å². The number of pyridine rings is 1. The molecule has 0 radical (unpaired) electrons. The number of aryl methyl sites for hydroxylation is 1. The molecule has 1 amide bonds. The van der Waals surface area contributed by atoms with Gasteiger partial charge in [0, 0.05) is 11.1 Å². The van der Waals surface area contributed by atoms with Gasteiger partial charge in [0.2, 0.25) is 0 Å². The van der Waals surface area contributed by atoms with Crippen LogP contribution in [0.4, 0.5) is 0 Å². The first kappa shape index (κ1) is 16.6. The summed E-state index contributed by atoms with van der Waals surface area (Å²) in [5.41, 5.74) is 1.37. The normalized spacial score (nSPS) is 12.7. The summed E-state index contributed by atoms with van der Waals surface area (Å²) in [5, 5.41) is 13.4. The van der Waals surface area contributed by atoms with Crippen LogP contribution in [0, 0.1) is 12.8 Å². The van der Waals surface area contributed by atoms with Gasteiger partial charge in [-0.2, -0.15) is 0 Å². The highest BCUT2D eigenvalue weighted by Crippen LogP contribution is 2.30. The number of nitrogens with zero attached hydrogens (tertiary/aromatic N) is 3. The van der Waals surface area contributed by atoms with Gasteiger partial charge < -0.3 is 5.32 Å². The molecule has 0 saturated heterocycles. The lowest BCUT2D eigenvalue weighted by Crippen LogP contribution is -2.33. The zero-order valence-electron chi connectivity index (χ0n) is 14.2. The molecule has 3 aromatic heterocycles. The van der Waals surface area contributed by atoms with Crippen LogP contribution in [0.2, 0.25) is 0 Å². The minimum absolute atomic E-state index is 0.0465. The third-order valence-electron chi connectivity index (χ3n) is 4.49. The predicted octanol–water partition coefficient (Wildman–Crippen LogP) is 4.01. The van der Waals surface area contributed by atoms with Crippen molar-refractivity contribution in [3.8, 4) is 0 Å². The van der Waals surface area contributed by atoms with Crippen LogP contribution in [-0.4, -0.2) is 20.5 Å². The quantitative estimate of drug-likeness (QED) is 0.736. The van der Waals surface area contributed by atoms with Crippen molar-refractivity contribution in [2.24, 2.45) is 5.92 Å². The summed E-state index contributed by atoms with van der Waals surface area (Å²) in [5.74, 6) is 1.14. The van der Waals surface area contributed by atoms with Crippen LogP contribution in [0.25, 0.3) is 5.65 Å². The Balaban J connectivity index is 1.87. The molecule has 1 N–H and O–H groups in total. The highest BCUT2D eigenvalue weighted by molar-refractivity contribution is 7.10. The van der Waals surface area contributed by atoms with Crippen LogP contribution < -0.4 is 5.32 Å². The molecule has 3 aromatic rings. The summed E-state index contributed by atoms with van der Waals surface area (Å²) < 4.78 is 1.84. The number of carbonyl (C=O) groups is 1. The zero-order chi connectivity index (χ0) is 17.1. The maximum atomic E-state index is 12.8. The molecule has 0 bridgehead atoms. The van der Waals surface area contributed by atoms with Gasteiger partial charge in [-0.15, -0.1) is 21.5 Å². The first-order valence-corrected chi connectivity index (χ1v) is 9.17. The summed E-state index contributed by atoms with van der Waals surface area (Å²) in [6, 6.07) is 7.81. The van der Waals surface area contributed by atoms with Gasteiger partial charge in [0.15, 0.2) is 5.65 Å². The first-order chi connectivity index (χ1) is 11.6. The summed E-state index contributed by atoms with van der Waals surface area (Å²) in [6.45, 7) is 6.22. The van der Waals surface area contributed by atoms with Gasteiger partial charge in [-0.05, 0) is 36.4 Å². The Hall–Kier alpha value is -2.21. The molecular formula is C18H22N4OS. The van der Waals surface area contributed by atoms with Crippen molar-refractivity contribution < 1.29 is 4.79 Å². The number of carbonyl (C=O) groups excluding carboxylic acids is 1. The third kappa shape index (κ3) is 3.19. The number of amides is 1. The Morgan fingerprint density at radius 2 is 2.04 bits per heavy atom. The molecule has 0 aliphatic rings. The fourth-order valence-corrected chi connectivity index (χ4v) is 3.88. The summed E-state index contributed by atoms with van der Waals surface area (Å²) in [7, 11) is 0. The van der Waals surface area contributed by atoms with E-state index >= 15 is 0 Å². The second-order valence-electron chi connectivity index (χ2n) is 5.94. The van der Waals surface area contributed by atoms with Crippen molar-refractivity contribution in [1.82, 2.24) is 19.9 Å². The molecule has 0 aliphatic carbocycles. The molecule has 24 heavy (non-hydrogen) atoms. The number of rotatable bonds is 6. The average Bonchev–Trinajstić information content (AvgIpc) is 3.25. The smallest absolute Gasteiger partial charge is 0.253 e. The number of aromatic nitrogens is 3. The number of hydrogen-bond donors (Lipinski definition) is 1. The molecule has 0 aliphatic heterocycles. The predicted molar refractivity (Wildman–Crippen MR) is 96.3 cm³/mol. The highest BCUT2D eigenvalue weighted by Gasteiger charge is 2.24. The van der Waals surface area contributed by atoms with E-state index in [1.165, 1.54) is 4.88 Å². The van der Waals surface area contributed by atoms with Crippen molar-refractivity contribution >= 4 is 22.9 Å². The van der Waals surface area contributed by atoms with Crippen LogP contribution in [0.5, 0.6) is 0 Å². The van der Waals surface area contributed by atoms with Crippen LogP contribution >= 0.6 is 11.3 Å². The molecule has 5 nitrogen and oxygen atoms in total. The third-order valence-corrected chi connectivity index (χ3v) is 5.45. The fraction of sp³-hybridized carbons (Fsp3) is 0.389. The Kier molecular flexibility index (Phi) is 4.94. The van der Waals surface area contributed by atoms with E-state index in [2.05, 4.69) is 40.8 Å². The maximum absolute atomic E-state index is 12.8. The molecule has 3 rings (SSSR count). The zero-order valence-corrected chi connectivity index (χ0v) is 15.0. The molecule has 0 aromatic carbocycles. The van der Waals surface area contributed by atoms with Crippen molar-refractivity contribution in [2.75, 3.05) is 0 Å². The van der Waals surface area contributed by atoms with E-state index in [-0.39, 0.29) is 11.9 Å². The molecule has 0 spiro atoms. The van der Waals surface area contributed by atoms with E-state index < -0.39 is 0 Å². The molecule has 0 saturated carbocycles. The maximum Gasteiger partial charge on any atom is 0.253 e. The van der Waals surface area contributed by atoms with Crippen molar-refractivity contribution in [3.63, 3.8) is 0 Å². The van der Waals surface area contributed by atoms with E-state index in [9.17, 15) is 4.79 Å². The highest BCUT2D eigenvalue weighted by atomic mass is 32.1. The Morgan fingerprint density at radius 3 is 2.71 bits per heavy atom. The standard InChI is InChI=1S/C18H22N4OS/c1-4-13(5-2)17(15-7-6-10-24-15)19-18(23)14-8-9-16-21-20-12(3)22(16)11-14/h6-11,13,17H,4-5H2,1-3H3,(H,19,23). The van der Waals surface area contributed by atoms with Gasteiger partial charge >= 0.3 is 0 Å². The fourth-order valence-electron chi connectivity index (χ4n) is 3.01. The molecule has 126 valence electrons. The minimum atomic E-state index is -0.0599. The average molecular weight is 342 g/mol. The number of hydrogen-bond acceptors (Lipinski definition) is 4. The van der Waals surface area contributed by atoms with Gasteiger partial charge in [0.05, 0.1) is 11.6 Å². The molecule has 1 unspecified atom stereocenters. The van der Waals surface area contributed by atoms with E-state index in [1.54, 1.807) is 23.6 Å². The summed E-state index contributed by atoms with van der Waals surface area (Å²) in [4.78, 5) is 14.0. The summed E-state index contributed by atoms with van der Waals surface area (Å²) >= 11 is 1.69. The van der Waals surface area contributed by atoms with Crippen molar-refractivity contribution in [1.29, 1.82) is 0 Å². The van der Waals surface area contributed by atoms with Crippen LogP contribution in [0.15, 0.2) is 35.8 Å².